The summed E-state index contributed by atoms with van der Waals surface area (Å²) in [7, 11) is 0. The van der Waals surface area contributed by atoms with Crippen molar-refractivity contribution < 1.29 is 4.79 Å². The number of hydrogen-bond donors (Lipinski definition) is 0. The monoisotopic (exact) mass is 276 g/mol. The molecule has 2 fully saturated rings. The molecule has 2 heterocycles. The van der Waals surface area contributed by atoms with E-state index in [0.29, 0.717) is 23.5 Å². The van der Waals surface area contributed by atoms with E-state index in [4.69, 9.17) is 0 Å². The number of carbonyl (C=O) groups is 1. The van der Waals surface area contributed by atoms with Gasteiger partial charge in [0.25, 0.3) is 0 Å². The number of urea groups is 1. The first-order valence-corrected chi connectivity index (χ1v) is 8.34. The van der Waals surface area contributed by atoms with Crippen molar-refractivity contribution in [3.05, 3.63) is 12.2 Å². The van der Waals surface area contributed by atoms with Gasteiger partial charge in [-0.05, 0) is 64.2 Å². The van der Waals surface area contributed by atoms with Crippen LogP contribution in [0.4, 0.5) is 4.79 Å². The SMILES string of the molecule is CC1CCC(C)N1C(=O)N1CCCC2(CC=CCC2)C1. The smallest absolute Gasteiger partial charge is 0.320 e. The predicted octanol–water partition coefficient (Wildman–Crippen LogP) is 3.80. The summed E-state index contributed by atoms with van der Waals surface area (Å²) in [5.74, 6) is 0. The molecule has 0 radical (unpaired) electrons. The zero-order valence-corrected chi connectivity index (χ0v) is 13.0. The van der Waals surface area contributed by atoms with Gasteiger partial charge in [-0.1, -0.05) is 12.2 Å². The molecule has 2 aliphatic heterocycles. The van der Waals surface area contributed by atoms with Gasteiger partial charge in [-0.15, -0.1) is 0 Å². The molecule has 0 N–H and O–H groups in total. The van der Waals surface area contributed by atoms with Gasteiger partial charge in [0.05, 0.1) is 0 Å². The van der Waals surface area contributed by atoms with Crippen LogP contribution in [0, 0.1) is 5.41 Å². The maximum Gasteiger partial charge on any atom is 0.320 e. The predicted molar refractivity (Wildman–Crippen MR) is 81.6 cm³/mol. The second-order valence-electron chi connectivity index (χ2n) is 7.20. The minimum absolute atomic E-state index is 0.302. The number of rotatable bonds is 0. The maximum atomic E-state index is 12.9. The molecule has 112 valence electrons. The number of likely N-dealkylation sites (tertiary alicyclic amines) is 2. The van der Waals surface area contributed by atoms with Crippen molar-refractivity contribution >= 4 is 6.03 Å². The van der Waals surface area contributed by atoms with Crippen molar-refractivity contribution in [2.24, 2.45) is 5.41 Å². The first-order chi connectivity index (χ1) is 9.61. The molecule has 1 spiro atoms. The molecule has 3 heteroatoms. The van der Waals surface area contributed by atoms with Crippen molar-refractivity contribution in [3.63, 3.8) is 0 Å². The topological polar surface area (TPSA) is 23.6 Å². The van der Waals surface area contributed by atoms with E-state index in [1.807, 2.05) is 0 Å². The largest absolute Gasteiger partial charge is 0.324 e. The first-order valence-electron chi connectivity index (χ1n) is 8.34. The quantitative estimate of drug-likeness (QED) is 0.617. The molecule has 0 saturated carbocycles. The van der Waals surface area contributed by atoms with Crippen LogP contribution in [0.25, 0.3) is 0 Å². The molecule has 0 aromatic carbocycles. The Labute approximate surface area is 123 Å². The second kappa shape index (κ2) is 5.42. The Bertz CT molecular complexity index is 396. The van der Waals surface area contributed by atoms with Crippen LogP contribution in [0.15, 0.2) is 12.2 Å². The Hall–Kier alpha value is -0.990. The van der Waals surface area contributed by atoms with Gasteiger partial charge < -0.3 is 9.80 Å². The molecule has 0 aromatic rings. The minimum atomic E-state index is 0.302. The Morgan fingerprint density at radius 2 is 1.90 bits per heavy atom. The molecular formula is C17H28N2O. The van der Waals surface area contributed by atoms with Crippen LogP contribution in [0.5, 0.6) is 0 Å². The van der Waals surface area contributed by atoms with Crippen LogP contribution in [-0.4, -0.2) is 41.0 Å². The molecule has 3 rings (SSSR count). The van der Waals surface area contributed by atoms with Crippen molar-refractivity contribution in [1.82, 2.24) is 9.80 Å². The summed E-state index contributed by atoms with van der Waals surface area (Å²) in [6.07, 6.45) is 13.1. The van der Waals surface area contributed by atoms with E-state index in [1.54, 1.807) is 0 Å². The lowest BCUT2D eigenvalue weighted by atomic mass is 9.71. The van der Waals surface area contributed by atoms with E-state index in [2.05, 4.69) is 35.8 Å². The van der Waals surface area contributed by atoms with Crippen molar-refractivity contribution in [3.8, 4) is 0 Å². The zero-order valence-electron chi connectivity index (χ0n) is 13.0. The van der Waals surface area contributed by atoms with Crippen molar-refractivity contribution in [1.29, 1.82) is 0 Å². The number of allylic oxidation sites excluding steroid dienone is 2. The highest BCUT2D eigenvalue weighted by atomic mass is 16.2. The Morgan fingerprint density at radius 1 is 1.15 bits per heavy atom. The van der Waals surface area contributed by atoms with Gasteiger partial charge in [0.15, 0.2) is 0 Å². The van der Waals surface area contributed by atoms with Crippen LogP contribution in [-0.2, 0) is 0 Å². The number of carbonyl (C=O) groups excluding carboxylic acids is 1. The van der Waals surface area contributed by atoms with Gasteiger partial charge in [-0.3, -0.25) is 0 Å². The molecule has 3 atom stereocenters. The summed E-state index contributed by atoms with van der Waals surface area (Å²) in [6, 6.07) is 1.14. The fourth-order valence-corrected chi connectivity index (χ4v) is 4.42. The molecule has 3 nitrogen and oxygen atoms in total. The van der Waals surface area contributed by atoms with Gasteiger partial charge in [0, 0.05) is 25.2 Å². The molecular weight excluding hydrogens is 248 g/mol. The van der Waals surface area contributed by atoms with E-state index in [-0.39, 0.29) is 0 Å². The standard InChI is InChI=1S/C17H28N2O/c1-14-7-8-15(2)19(14)16(20)18-12-6-11-17(13-18)9-4-3-5-10-17/h3-4,14-15H,5-13H2,1-2H3. The van der Waals surface area contributed by atoms with E-state index in [9.17, 15) is 4.79 Å². The highest BCUT2D eigenvalue weighted by molar-refractivity contribution is 5.75. The van der Waals surface area contributed by atoms with E-state index >= 15 is 0 Å². The third-order valence-electron chi connectivity index (χ3n) is 5.66. The second-order valence-corrected chi connectivity index (χ2v) is 7.20. The summed E-state index contributed by atoms with van der Waals surface area (Å²) in [6.45, 7) is 6.33. The summed E-state index contributed by atoms with van der Waals surface area (Å²) < 4.78 is 0. The Balaban J connectivity index is 1.70. The van der Waals surface area contributed by atoms with Gasteiger partial charge in [0.2, 0.25) is 0 Å². The fraction of sp³-hybridized carbons (Fsp3) is 0.824. The normalized spacial score (nSPS) is 37.7. The molecule has 2 saturated heterocycles. The number of hydrogen-bond acceptors (Lipinski definition) is 1. The highest BCUT2D eigenvalue weighted by Gasteiger charge is 2.40. The van der Waals surface area contributed by atoms with Gasteiger partial charge in [-0.25, -0.2) is 4.79 Å². The number of amides is 2. The molecule has 1 aliphatic carbocycles. The van der Waals surface area contributed by atoms with Crippen LogP contribution in [0.2, 0.25) is 0 Å². The average Bonchev–Trinajstić information content (AvgIpc) is 2.78. The summed E-state index contributed by atoms with van der Waals surface area (Å²) in [5, 5.41) is 0. The van der Waals surface area contributed by atoms with Crippen molar-refractivity contribution in [2.75, 3.05) is 13.1 Å². The third kappa shape index (κ3) is 2.47. The summed E-state index contributed by atoms with van der Waals surface area (Å²) >= 11 is 0. The molecule has 20 heavy (non-hydrogen) atoms. The molecule has 2 amide bonds. The van der Waals surface area contributed by atoms with Gasteiger partial charge in [0.1, 0.15) is 0 Å². The molecule has 3 unspecified atom stereocenters. The summed E-state index contributed by atoms with van der Waals surface area (Å²) in [4.78, 5) is 17.2. The molecule has 0 aromatic heterocycles. The van der Waals surface area contributed by atoms with E-state index in [0.717, 1.165) is 25.9 Å². The highest BCUT2D eigenvalue weighted by Crippen LogP contribution is 2.41. The Morgan fingerprint density at radius 3 is 2.55 bits per heavy atom. The van der Waals surface area contributed by atoms with Gasteiger partial charge in [-0.2, -0.15) is 0 Å². The van der Waals surface area contributed by atoms with E-state index < -0.39 is 0 Å². The van der Waals surface area contributed by atoms with Crippen LogP contribution < -0.4 is 0 Å². The van der Waals surface area contributed by atoms with Crippen molar-refractivity contribution in [2.45, 2.75) is 70.9 Å². The zero-order chi connectivity index (χ0) is 14.2. The maximum absolute atomic E-state index is 12.9. The number of nitrogens with zero attached hydrogens (tertiary/aromatic N) is 2. The van der Waals surface area contributed by atoms with Crippen LogP contribution >= 0.6 is 0 Å². The fourth-order valence-electron chi connectivity index (χ4n) is 4.42. The van der Waals surface area contributed by atoms with Crippen LogP contribution in [0.3, 0.4) is 0 Å². The molecule has 0 bridgehead atoms. The lowest BCUT2D eigenvalue weighted by molar-refractivity contribution is 0.0710. The lowest BCUT2D eigenvalue weighted by Gasteiger charge is -2.45. The Kier molecular flexibility index (Phi) is 3.78. The lowest BCUT2D eigenvalue weighted by Crippen LogP contribution is -2.53. The number of piperidine rings is 1. The first kappa shape index (κ1) is 14.0. The molecule has 3 aliphatic rings. The average molecular weight is 276 g/mol. The van der Waals surface area contributed by atoms with Crippen LogP contribution in [0.1, 0.15) is 58.8 Å². The van der Waals surface area contributed by atoms with E-state index in [1.165, 1.54) is 32.1 Å². The minimum Gasteiger partial charge on any atom is -0.324 e. The third-order valence-corrected chi connectivity index (χ3v) is 5.66. The summed E-state index contributed by atoms with van der Waals surface area (Å²) in [5.41, 5.74) is 0.384. The van der Waals surface area contributed by atoms with Gasteiger partial charge >= 0.3 is 6.03 Å².